The molecule has 2 heterocycles. The number of rotatable bonds is 3. The van der Waals surface area contributed by atoms with E-state index in [1.165, 1.54) is 6.42 Å². The second-order valence-electron chi connectivity index (χ2n) is 6.44. The van der Waals surface area contributed by atoms with E-state index in [1.54, 1.807) is 0 Å². The van der Waals surface area contributed by atoms with Gasteiger partial charge in [-0.3, -0.25) is 13.9 Å². The third kappa shape index (κ3) is 2.64. The molecular weight excluding hydrogens is 317 g/mol. The van der Waals surface area contributed by atoms with Gasteiger partial charge in [-0.05, 0) is 37.1 Å². The minimum absolute atomic E-state index is 0.798. The second-order valence-corrected chi connectivity index (χ2v) is 9.00. The molecule has 0 amide bonds. The van der Waals surface area contributed by atoms with E-state index in [1.807, 2.05) is 36.4 Å². The minimum Gasteiger partial charge on any atom is -0.293 e. The van der Waals surface area contributed by atoms with Crippen LogP contribution in [0.25, 0.3) is 0 Å². The van der Waals surface area contributed by atoms with Crippen molar-refractivity contribution in [1.82, 2.24) is 4.67 Å². The first-order valence-corrected chi connectivity index (χ1v) is 10.4. The fraction of sp³-hybridized carbons (Fsp3) is 0.368. The Morgan fingerprint density at radius 2 is 1.08 bits per heavy atom. The molecule has 5 heteroatoms. The van der Waals surface area contributed by atoms with Crippen LogP contribution in [0.3, 0.4) is 0 Å². The smallest absolute Gasteiger partial charge is 0.293 e. The Morgan fingerprint density at radius 1 is 0.625 bits per heavy atom. The van der Waals surface area contributed by atoms with Gasteiger partial charge in [-0.15, -0.1) is 0 Å². The molecule has 0 aromatic heterocycles. The molecule has 24 heavy (non-hydrogen) atoms. The minimum atomic E-state index is -2.81. The number of anilines is 2. The quantitative estimate of drug-likeness (QED) is 0.762. The summed E-state index contributed by atoms with van der Waals surface area (Å²) in [5.41, 5.74) is 2.12. The number of piperidine rings is 1. The van der Waals surface area contributed by atoms with Gasteiger partial charge >= 0.3 is 7.59 Å². The molecule has 126 valence electrons. The van der Waals surface area contributed by atoms with Crippen molar-refractivity contribution in [2.75, 3.05) is 35.5 Å². The Hall–Kier alpha value is -1.77. The van der Waals surface area contributed by atoms with Gasteiger partial charge in [-0.1, -0.05) is 42.8 Å². The molecule has 0 spiro atoms. The zero-order valence-electron chi connectivity index (χ0n) is 13.9. The maximum atomic E-state index is 14.4. The first kappa shape index (κ1) is 15.7. The van der Waals surface area contributed by atoms with E-state index >= 15 is 0 Å². The van der Waals surface area contributed by atoms with Crippen molar-refractivity contribution >= 4 is 19.0 Å². The van der Waals surface area contributed by atoms with Gasteiger partial charge in [-0.2, -0.15) is 0 Å². The van der Waals surface area contributed by atoms with Crippen LogP contribution in [0.2, 0.25) is 0 Å². The molecule has 2 aromatic carbocycles. The lowest BCUT2D eigenvalue weighted by Gasteiger charge is -2.41. The van der Waals surface area contributed by atoms with Gasteiger partial charge < -0.3 is 0 Å². The van der Waals surface area contributed by atoms with Crippen molar-refractivity contribution in [2.24, 2.45) is 0 Å². The molecule has 0 bridgehead atoms. The van der Waals surface area contributed by atoms with Gasteiger partial charge in [0.15, 0.2) is 0 Å². The number of nitrogens with zero attached hydrogens (tertiary/aromatic N) is 3. The summed E-state index contributed by atoms with van der Waals surface area (Å²) in [7, 11) is -2.81. The predicted molar refractivity (Wildman–Crippen MR) is 101 cm³/mol. The summed E-state index contributed by atoms with van der Waals surface area (Å²) in [5, 5.41) is 0. The Bertz CT molecular complexity index is 664. The van der Waals surface area contributed by atoms with E-state index in [4.69, 9.17) is 0 Å². The van der Waals surface area contributed by atoms with Crippen LogP contribution in [0.5, 0.6) is 0 Å². The molecule has 2 aliphatic heterocycles. The van der Waals surface area contributed by atoms with Gasteiger partial charge in [0, 0.05) is 37.6 Å². The molecule has 0 radical (unpaired) electrons. The van der Waals surface area contributed by atoms with Crippen LogP contribution in [-0.4, -0.2) is 30.8 Å². The molecule has 2 saturated heterocycles. The summed E-state index contributed by atoms with van der Waals surface area (Å²) in [4.78, 5) is 0. The highest BCUT2D eigenvalue weighted by Gasteiger charge is 2.48. The normalized spacial score (nSPS) is 21.2. The fourth-order valence-corrected chi connectivity index (χ4v) is 7.03. The van der Waals surface area contributed by atoms with E-state index in [9.17, 15) is 4.57 Å². The summed E-state index contributed by atoms with van der Waals surface area (Å²) >= 11 is 0. The molecule has 4 rings (SSSR count). The molecule has 0 aliphatic carbocycles. The molecule has 2 aromatic rings. The standard InChI is InChI=1S/C19H24N3OP/c23-24(20-14-8-3-9-15-20)21(18-10-4-1-5-11-18)16-17-22(24)19-12-6-2-7-13-19/h1-2,4-7,10-13H,3,8-9,14-17H2. The van der Waals surface area contributed by atoms with Gasteiger partial charge in [0.2, 0.25) is 0 Å². The van der Waals surface area contributed by atoms with Crippen LogP contribution in [0, 0.1) is 0 Å². The third-order valence-corrected chi connectivity index (χ3v) is 8.22. The van der Waals surface area contributed by atoms with Crippen LogP contribution in [-0.2, 0) is 4.57 Å². The van der Waals surface area contributed by atoms with Crippen molar-refractivity contribution in [3.05, 3.63) is 60.7 Å². The van der Waals surface area contributed by atoms with E-state index in [2.05, 4.69) is 38.3 Å². The summed E-state index contributed by atoms with van der Waals surface area (Å²) in [6, 6.07) is 20.4. The van der Waals surface area contributed by atoms with Crippen LogP contribution in [0.1, 0.15) is 19.3 Å². The van der Waals surface area contributed by atoms with E-state index in [0.29, 0.717) is 0 Å². The Morgan fingerprint density at radius 3 is 1.54 bits per heavy atom. The summed E-state index contributed by atoms with van der Waals surface area (Å²) < 4.78 is 20.9. The Labute approximate surface area is 144 Å². The first-order valence-electron chi connectivity index (χ1n) is 8.82. The summed E-state index contributed by atoms with van der Waals surface area (Å²) in [6.07, 6.45) is 3.51. The average Bonchev–Trinajstić information content (AvgIpc) is 3.02. The van der Waals surface area contributed by atoms with Crippen LogP contribution >= 0.6 is 7.59 Å². The molecular formula is C19H24N3OP. The first-order chi connectivity index (χ1) is 11.8. The summed E-state index contributed by atoms with van der Waals surface area (Å²) in [5.74, 6) is 0. The van der Waals surface area contributed by atoms with Crippen molar-refractivity contribution in [1.29, 1.82) is 0 Å². The average molecular weight is 341 g/mol. The zero-order valence-corrected chi connectivity index (χ0v) is 14.8. The van der Waals surface area contributed by atoms with Crippen molar-refractivity contribution in [2.45, 2.75) is 19.3 Å². The zero-order chi connectivity index (χ0) is 16.4. The molecule has 0 saturated carbocycles. The maximum Gasteiger partial charge on any atom is 0.335 e. The fourth-order valence-electron chi connectivity index (χ4n) is 3.78. The number of hydrogen-bond acceptors (Lipinski definition) is 1. The Balaban J connectivity index is 1.77. The molecule has 0 unspecified atom stereocenters. The third-order valence-electron chi connectivity index (χ3n) is 4.96. The second kappa shape index (κ2) is 6.62. The molecule has 4 nitrogen and oxygen atoms in total. The number of para-hydroxylation sites is 2. The van der Waals surface area contributed by atoms with Crippen LogP contribution in [0.4, 0.5) is 11.4 Å². The maximum absolute atomic E-state index is 14.4. The monoisotopic (exact) mass is 341 g/mol. The molecule has 2 fully saturated rings. The van der Waals surface area contributed by atoms with Crippen molar-refractivity contribution in [3.8, 4) is 0 Å². The van der Waals surface area contributed by atoms with Gasteiger partial charge in [0.1, 0.15) is 0 Å². The predicted octanol–water partition coefficient (Wildman–Crippen LogP) is 4.61. The van der Waals surface area contributed by atoms with E-state index < -0.39 is 7.59 Å². The highest BCUT2D eigenvalue weighted by molar-refractivity contribution is 7.65. The largest absolute Gasteiger partial charge is 0.335 e. The molecule has 0 N–H and O–H groups in total. The number of benzene rings is 2. The van der Waals surface area contributed by atoms with Gasteiger partial charge in [0.05, 0.1) is 0 Å². The lowest BCUT2D eigenvalue weighted by molar-refractivity contribution is 0.344. The lowest BCUT2D eigenvalue weighted by atomic mass is 10.2. The highest BCUT2D eigenvalue weighted by Crippen LogP contribution is 2.63. The van der Waals surface area contributed by atoms with Crippen LogP contribution in [0.15, 0.2) is 60.7 Å². The number of hydrogen-bond donors (Lipinski definition) is 0. The van der Waals surface area contributed by atoms with E-state index in [-0.39, 0.29) is 0 Å². The summed E-state index contributed by atoms with van der Waals surface area (Å²) in [6.45, 7) is 3.44. The van der Waals surface area contributed by atoms with Crippen LogP contribution < -0.4 is 9.34 Å². The lowest BCUT2D eigenvalue weighted by Crippen LogP contribution is -2.37. The molecule has 0 atom stereocenters. The SMILES string of the molecule is O=P1(N2CCCCC2)N(c2ccccc2)CCN1c1ccccc1. The molecule has 2 aliphatic rings. The van der Waals surface area contributed by atoms with Crippen molar-refractivity contribution in [3.63, 3.8) is 0 Å². The van der Waals surface area contributed by atoms with E-state index in [0.717, 1.165) is 50.4 Å². The van der Waals surface area contributed by atoms with Gasteiger partial charge in [-0.25, -0.2) is 4.67 Å². The van der Waals surface area contributed by atoms with Crippen molar-refractivity contribution < 1.29 is 4.57 Å². The van der Waals surface area contributed by atoms with Gasteiger partial charge in [0.25, 0.3) is 0 Å². The topological polar surface area (TPSA) is 26.8 Å². The Kier molecular flexibility index (Phi) is 4.34. The highest BCUT2D eigenvalue weighted by atomic mass is 31.2.